The van der Waals surface area contributed by atoms with Gasteiger partial charge in [-0.05, 0) is 155 Å². The Morgan fingerprint density at radius 3 is 1.17 bits per heavy atom. The van der Waals surface area contributed by atoms with E-state index in [0.29, 0.717) is 6.61 Å². The molecular formula is C124H113Ir4N14O-9. The first-order chi connectivity index (χ1) is 67.8. The maximum Gasteiger partial charge on any atom is 0.0961 e. The monoisotopic (exact) mass is 2590 g/mol. The molecule has 2 aliphatic heterocycles. The predicted octanol–water partition coefficient (Wildman–Crippen LogP) is 28.5. The fourth-order valence-corrected chi connectivity index (χ4v) is 16.7. The van der Waals surface area contributed by atoms with Gasteiger partial charge >= 0.3 is 0 Å². The van der Waals surface area contributed by atoms with Gasteiger partial charge in [0.15, 0.2) is 0 Å². The summed E-state index contributed by atoms with van der Waals surface area (Å²) in [5.74, 6) is 4.49. The summed E-state index contributed by atoms with van der Waals surface area (Å²) in [4.78, 5) is 26.2. The van der Waals surface area contributed by atoms with Crippen LogP contribution in [0.3, 0.4) is 0 Å². The van der Waals surface area contributed by atoms with E-state index in [1.54, 1.807) is 12.4 Å². The Morgan fingerprint density at radius 1 is 0.357 bits per heavy atom. The van der Waals surface area contributed by atoms with Gasteiger partial charge in [0.2, 0.25) is 0 Å². The molecule has 19 heteroatoms. The number of aromatic nitrogens is 10. The van der Waals surface area contributed by atoms with Crippen molar-refractivity contribution < 1.29 is 85.2 Å². The number of hydrogen-bond donors (Lipinski definition) is 0. The SMILES string of the molecule is C=C(C)COc1c[c-]c(-c2nccn2-c2c(C)cc(C)cc2C)cc1.C=CCc1c[c-]c(-c2nccn2C)cc1.C=CCc1c[c-]c(-n2cc(-c3ccccc3)cn2)cc1.C=CCc1ccc(-c2cc[c-]c(N3[CH-]N(C)c4ccccc43)c2)cc1.CN1[CH-]N(c2[c-]ccc(-c3ccccc3)c2)c2ccccc21.Cc1cc(C)c(-n2ccnc2-c2[c-]cccc2)c(C)c1.Cn1ccnc1-c1[c-]cccc1.[Ir].[Ir].[Ir].[Ir]. The predicted molar refractivity (Wildman–Crippen MR) is 573 cm³/mol. The smallest absolute Gasteiger partial charge is 0.0961 e. The van der Waals surface area contributed by atoms with Crippen molar-refractivity contribution in [3.05, 3.63) is 515 Å². The average Bonchev–Trinajstić information content (AvgIpc) is 1.17. The summed E-state index contributed by atoms with van der Waals surface area (Å²) in [5.41, 5.74) is 33.6. The molecule has 0 saturated heterocycles. The van der Waals surface area contributed by atoms with Crippen molar-refractivity contribution in [3.63, 3.8) is 0 Å². The van der Waals surface area contributed by atoms with Crippen molar-refractivity contribution in [3.8, 4) is 102 Å². The summed E-state index contributed by atoms with van der Waals surface area (Å²) in [5, 5.41) is 4.40. The van der Waals surface area contributed by atoms with Crippen LogP contribution in [0.2, 0.25) is 0 Å². The number of fused-ring (bicyclic) bond motifs is 2. The van der Waals surface area contributed by atoms with Crippen LogP contribution in [-0.4, -0.2) is 68.7 Å². The minimum Gasteiger partial charge on any atom is -0.532 e. The second-order valence-corrected chi connectivity index (χ2v) is 34.1. The van der Waals surface area contributed by atoms with Gasteiger partial charge in [-0.2, -0.15) is 78.6 Å². The minimum atomic E-state index is 0. The zero-order chi connectivity index (χ0) is 97.1. The van der Waals surface area contributed by atoms with Gasteiger partial charge in [-0.15, -0.1) is 197 Å². The summed E-state index contributed by atoms with van der Waals surface area (Å²) in [6.07, 6.45) is 27.4. The number of rotatable bonds is 21. The summed E-state index contributed by atoms with van der Waals surface area (Å²) in [6.45, 7) is 34.6. The van der Waals surface area contributed by atoms with E-state index in [1.165, 1.54) is 112 Å². The molecule has 0 spiro atoms. The van der Waals surface area contributed by atoms with Crippen molar-refractivity contribution in [1.82, 2.24) is 48.0 Å². The van der Waals surface area contributed by atoms with E-state index in [4.69, 9.17) is 4.74 Å². The summed E-state index contributed by atoms with van der Waals surface area (Å²) in [6, 6.07) is 124. The van der Waals surface area contributed by atoms with Crippen molar-refractivity contribution in [2.24, 2.45) is 14.1 Å². The van der Waals surface area contributed by atoms with Gasteiger partial charge in [0.1, 0.15) is 0 Å². The third-order valence-corrected chi connectivity index (χ3v) is 23.2. The van der Waals surface area contributed by atoms with Gasteiger partial charge in [0.25, 0.3) is 0 Å². The van der Waals surface area contributed by atoms with Crippen LogP contribution in [0.15, 0.2) is 409 Å². The molecule has 14 aromatic carbocycles. The first-order valence-corrected chi connectivity index (χ1v) is 46.2. The summed E-state index contributed by atoms with van der Waals surface area (Å²) >= 11 is 0. The molecule has 5 aromatic heterocycles. The van der Waals surface area contributed by atoms with Crippen LogP contribution in [0.1, 0.15) is 57.0 Å². The Hall–Kier alpha value is -14.3. The van der Waals surface area contributed by atoms with Gasteiger partial charge in [-0.3, -0.25) is 24.6 Å². The number of aryl methyl sites for hydroxylation is 8. The largest absolute Gasteiger partial charge is 0.532 e. The molecule has 0 N–H and O–H groups in total. The van der Waals surface area contributed by atoms with Crippen molar-refractivity contribution in [2.45, 2.75) is 67.7 Å². The Morgan fingerprint density at radius 2 is 0.748 bits per heavy atom. The molecule has 21 rings (SSSR count). The van der Waals surface area contributed by atoms with E-state index >= 15 is 0 Å². The Balaban J connectivity index is 0.000000160. The van der Waals surface area contributed by atoms with Crippen LogP contribution in [0.4, 0.5) is 34.1 Å². The number of anilines is 6. The zero-order valence-corrected chi connectivity index (χ0v) is 91.7. The molecule has 0 bridgehead atoms. The van der Waals surface area contributed by atoms with Crippen LogP contribution in [-0.2, 0) is 114 Å². The molecule has 143 heavy (non-hydrogen) atoms. The number of benzene rings is 14. The fourth-order valence-electron chi connectivity index (χ4n) is 16.7. The van der Waals surface area contributed by atoms with E-state index in [-0.39, 0.29) is 80.4 Å². The van der Waals surface area contributed by atoms with Gasteiger partial charge < -0.3 is 42.6 Å². The van der Waals surface area contributed by atoms with Crippen LogP contribution in [0, 0.1) is 97.3 Å². The standard InChI is InChI=1S/C23H20N2.C22H23N2O.C20H16N2.C18H17N2.C18H15N2.C13H13N2.C10H9N2.4Ir/c1-3-7-18-12-14-19(15-13-18)20-8-6-9-21(16-20)25-17-24(2)22-10-4-5-11-23(22)25;1-15(2)14-25-20-8-6-19(7-9-20)22-23-10-11-24(22)21-17(4)12-16(3)13-18(21)5;1-21-15-22(20-13-6-5-12-19(20)21)18-11-7-10-17(14-18)16-8-3-2-4-9-16;1-13-11-14(2)17(15(3)12-13)20-10-9-19-18(20)16-7-5-4-6-8-16;1-2-6-15-9-11-18(12-10-15)20-14-17(13-19-20)16-7-4-3-5-8-16;1-3-4-11-5-7-12(8-6-11)13-14-9-10-15(13)2;1-12-8-7-11-10(12)9-5-3-2-4-6-9;;;;/h3-6,8,10-17H,1,7H2,2H3;6,8-13H,1,14H2,2-5H3;2-10,12-15H,1H3;4-7,9-12H,1-3H3;2-5,7-11,13-14H,1,6H2;3,5-7,9-10H,1,4H2,2H3;2-5,7-8H,1H3;;;;/q-2;-1;-2;4*-1;;;;. The van der Waals surface area contributed by atoms with Crippen LogP contribution >= 0.6 is 0 Å². The molecule has 0 aliphatic carbocycles. The Labute approximate surface area is 898 Å². The van der Waals surface area contributed by atoms with E-state index in [0.717, 1.165) is 98.8 Å². The first-order valence-electron chi connectivity index (χ1n) is 46.2. The number of imidazole rings is 4. The molecule has 0 atom stereocenters. The first kappa shape index (κ1) is 109. The van der Waals surface area contributed by atoms with Gasteiger partial charge in [-0.25, -0.2) is 0 Å². The maximum atomic E-state index is 5.65. The Bertz CT molecular complexity index is 7230. The van der Waals surface area contributed by atoms with Crippen LogP contribution < -0.4 is 24.3 Å². The van der Waals surface area contributed by atoms with Crippen LogP contribution in [0.5, 0.6) is 5.75 Å². The third kappa shape index (κ3) is 28.4. The molecule has 0 amide bonds. The molecule has 7 heterocycles. The fraction of sp³-hybridized carbons (Fsp3) is 0.121. The molecule has 730 valence electrons. The number of allylic oxidation sites excluding steroid dienone is 3. The number of para-hydroxylation sites is 4. The normalized spacial score (nSPS) is 11.1. The average molecular weight is 2580 g/mol. The molecular weight excluding hydrogens is 2470 g/mol. The molecule has 15 nitrogen and oxygen atoms in total. The Kier molecular flexibility index (Phi) is 40.8. The van der Waals surface area contributed by atoms with E-state index in [9.17, 15) is 0 Å². The third-order valence-electron chi connectivity index (χ3n) is 23.2. The molecule has 0 unspecified atom stereocenters. The maximum absolute atomic E-state index is 5.65. The van der Waals surface area contributed by atoms with E-state index in [1.807, 2.05) is 230 Å². The number of nitrogens with zero attached hydrogens (tertiary/aromatic N) is 14. The number of hydrogen-bond acceptors (Lipinski definition) is 10. The molecule has 4 radical (unpaired) electrons. The van der Waals surface area contributed by atoms with Crippen LogP contribution in [0.25, 0.3) is 96.0 Å². The molecule has 19 aromatic rings. The number of ether oxygens (including phenoxy) is 1. The topological polar surface area (TPSA) is 111 Å². The minimum absolute atomic E-state index is 0. The summed E-state index contributed by atoms with van der Waals surface area (Å²) < 4.78 is 15.7. The van der Waals surface area contributed by atoms with E-state index in [2.05, 4.69) is 361 Å². The second-order valence-electron chi connectivity index (χ2n) is 34.1. The molecule has 2 aliphatic rings. The molecule has 0 fully saturated rings. The summed E-state index contributed by atoms with van der Waals surface area (Å²) in [7, 11) is 8.10. The van der Waals surface area contributed by atoms with Gasteiger partial charge in [0.05, 0.1) is 36.1 Å². The van der Waals surface area contributed by atoms with Gasteiger partial charge in [-0.1, -0.05) is 176 Å². The van der Waals surface area contributed by atoms with Crippen molar-refractivity contribution in [2.75, 3.05) is 40.3 Å². The van der Waals surface area contributed by atoms with E-state index < -0.39 is 0 Å². The quantitative estimate of drug-likeness (QED) is 0.0509. The second kappa shape index (κ2) is 53.5. The van der Waals surface area contributed by atoms with Crippen molar-refractivity contribution >= 4 is 34.1 Å². The molecule has 0 saturated carbocycles. The zero-order valence-electron chi connectivity index (χ0n) is 82.1. The van der Waals surface area contributed by atoms with Crippen molar-refractivity contribution in [1.29, 1.82) is 0 Å². The van der Waals surface area contributed by atoms with Gasteiger partial charge in [0, 0.05) is 196 Å².